The molecule has 0 atom stereocenters. The van der Waals surface area contributed by atoms with Crippen LogP contribution in [0.4, 0.5) is 18.9 Å². The number of rotatable bonds is 4. The maximum absolute atomic E-state index is 12.3. The normalized spacial score (nSPS) is 11.6. The summed E-state index contributed by atoms with van der Waals surface area (Å²) in [4.78, 5) is 13.4. The molecule has 1 aromatic heterocycles. The van der Waals surface area contributed by atoms with E-state index in [9.17, 15) is 18.0 Å². The summed E-state index contributed by atoms with van der Waals surface area (Å²) in [5.41, 5.74) is -2.98. The van der Waals surface area contributed by atoms with E-state index in [4.69, 9.17) is 0 Å². The number of benzene rings is 1. The minimum Gasteiger partial charge on any atom is -0.366 e. The number of thioether (sulfide) groups is 1. The van der Waals surface area contributed by atoms with Crippen LogP contribution in [0.1, 0.15) is 5.56 Å². The first kappa shape index (κ1) is 15.4. The summed E-state index contributed by atoms with van der Waals surface area (Å²) in [5.74, 6) is 0. The molecule has 0 fully saturated rings. The van der Waals surface area contributed by atoms with Crippen molar-refractivity contribution in [2.45, 2.75) is 16.9 Å². The Hall–Kier alpha value is -0.990. The zero-order valence-corrected chi connectivity index (χ0v) is 12.8. The van der Waals surface area contributed by atoms with Crippen molar-refractivity contribution in [3.8, 4) is 0 Å². The predicted octanol–water partition coefficient (Wildman–Crippen LogP) is 4.42. The Morgan fingerprint density at radius 1 is 1.35 bits per heavy atom. The van der Waals surface area contributed by atoms with Gasteiger partial charge in [-0.1, -0.05) is 22.5 Å². The van der Waals surface area contributed by atoms with Crippen LogP contribution < -0.4 is 9.64 Å². The van der Waals surface area contributed by atoms with E-state index in [-0.39, 0.29) is 21.4 Å². The molecule has 0 radical (unpaired) electrons. The summed E-state index contributed by atoms with van der Waals surface area (Å²) in [7, 11) is 4.25. The lowest BCUT2D eigenvalue weighted by molar-refractivity contribution is -0.0328. The minimum atomic E-state index is -4.29. The molecule has 2 nitrogen and oxygen atoms in total. The van der Waals surface area contributed by atoms with Crippen molar-refractivity contribution in [3.63, 3.8) is 0 Å². The van der Waals surface area contributed by atoms with Crippen LogP contribution in [-0.2, 0) is 6.54 Å². The van der Waals surface area contributed by atoms with Gasteiger partial charge in [0.1, 0.15) is 5.69 Å². The third kappa shape index (κ3) is 4.26. The van der Waals surface area contributed by atoms with E-state index < -0.39 is 5.51 Å². The second-order valence-corrected chi connectivity index (χ2v) is 7.20. The van der Waals surface area contributed by atoms with Crippen molar-refractivity contribution in [2.24, 2.45) is 0 Å². The lowest BCUT2D eigenvalue weighted by atomic mass is 10.2. The zero-order chi connectivity index (χ0) is 14.8. The molecular weight excluding hydrogens is 327 g/mol. The second kappa shape index (κ2) is 6.19. The number of anilines is 1. The first-order valence-corrected chi connectivity index (χ1v) is 8.52. The summed E-state index contributed by atoms with van der Waals surface area (Å²) in [6.07, 6.45) is 0. The molecular formula is C12H10F3NOS3. The van der Waals surface area contributed by atoms with Gasteiger partial charge in [-0.15, -0.1) is 0 Å². The lowest BCUT2D eigenvalue weighted by Crippen LogP contribution is -2.20. The molecule has 0 saturated carbocycles. The smallest absolute Gasteiger partial charge is 0.366 e. The Balaban J connectivity index is 2.12. The van der Waals surface area contributed by atoms with E-state index in [0.717, 1.165) is 15.9 Å². The number of alkyl halides is 3. The highest BCUT2D eigenvalue weighted by Gasteiger charge is 2.29. The molecule has 0 aliphatic rings. The molecule has 1 aromatic carbocycles. The van der Waals surface area contributed by atoms with Crippen molar-refractivity contribution in [1.82, 2.24) is 0 Å². The molecule has 0 unspecified atom stereocenters. The van der Waals surface area contributed by atoms with Gasteiger partial charge in [0.25, 0.3) is 4.74 Å². The molecule has 0 N–H and O–H groups in total. The van der Waals surface area contributed by atoms with Gasteiger partial charge in [-0.05, 0) is 39.8 Å². The fourth-order valence-corrected chi connectivity index (χ4v) is 4.10. The molecule has 2 rings (SSSR count). The highest BCUT2D eigenvalue weighted by atomic mass is 32.9. The van der Waals surface area contributed by atoms with Gasteiger partial charge < -0.3 is 4.90 Å². The first-order valence-electron chi connectivity index (χ1n) is 5.49. The first-order chi connectivity index (χ1) is 9.35. The average molecular weight is 337 g/mol. The van der Waals surface area contributed by atoms with Gasteiger partial charge in [0.15, 0.2) is 0 Å². The zero-order valence-electron chi connectivity index (χ0n) is 10.3. The molecule has 20 heavy (non-hydrogen) atoms. The number of hydrogen-bond acceptors (Lipinski definition) is 5. The number of halogens is 3. The highest BCUT2D eigenvalue weighted by Crippen LogP contribution is 2.37. The Labute approximate surface area is 125 Å². The molecule has 0 saturated heterocycles. The van der Waals surface area contributed by atoms with Crippen LogP contribution in [0.2, 0.25) is 0 Å². The van der Waals surface area contributed by atoms with Crippen LogP contribution in [0, 0.1) is 0 Å². The number of hydrogen-bond donors (Lipinski definition) is 0. The van der Waals surface area contributed by atoms with Crippen molar-refractivity contribution in [1.29, 1.82) is 0 Å². The molecule has 0 spiro atoms. The van der Waals surface area contributed by atoms with Crippen molar-refractivity contribution >= 4 is 38.1 Å². The summed E-state index contributed by atoms with van der Waals surface area (Å²) in [5, 5.41) is 1.75. The summed E-state index contributed by atoms with van der Waals surface area (Å²) < 4.78 is 36.9. The highest BCUT2D eigenvalue weighted by molar-refractivity contribution is 8.00. The van der Waals surface area contributed by atoms with Gasteiger partial charge in [0.2, 0.25) is 0 Å². The SMILES string of the molecule is CN(Cc1cccc(SC(F)(F)F)c1)c1cssc1=O. The molecule has 0 aliphatic heterocycles. The van der Waals surface area contributed by atoms with E-state index >= 15 is 0 Å². The van der Waals surface area contributed by atoms with Crippen molar-refractivity contribution in [3.05, 3.63) is 44.7 Å². The maximum Gasteiger partial charge on any atom is 0.446 e. The van der Waals surface area contributed by atoms with E-state index in [1.807, 2.05) is 0 Å². The monoisotopic (exact) mass is 337 g/mol. The molecule has 0 aliphatic carbocycles. The van der Waals surface area contributed by atoms with Crippen LogP contribution in [0.25, 0.3) is 0 Å². The van der Waals surface area contributed by atoms with Gasteiger partial charge in [-0.25, -0.2) is 0 Å². The quantitative estimate of drug-likeness (QED) is 0.608. The maximum atomic E-state index is 12.3. The summed E-state index contributed by atoms with van der Waals surface area (Å²) in [6, 6.07) is 6.26. The van der Waals surface area contributed by atoms with Crippen LogP contribution >= 0.6 is 32.4 Å². The molecule has 0 bridgehead atoms. The summed E-state index contributed by atoms with van der Waals surface area (Å²) >= 11 is -0.134. The van der Waals surface area contributed by atoms with Crippen molar-refractivity contribution in [2.75, 3.05) is 11.9 Å². The Bertz CT molecular complexity index is 635. The van der Waals surface area contributed by atoms with Crippen LogP contribution in [0.3, 0.4) is 0 Å². The lowest BCUT2D eigenvalue weighted by Gasteiger charge is -2.17. The average Bonchev–Trinajstić information content (AvgIpc) is 2.73. The van der Waals surface area contributed by atoms with Gasteiger partial charge >= 0.3 is 5.51 Å². The predicted molar refractivity (Wildman–Crippen MR) is 78.9 cm³/mol. The fourth-order valence-electron chi connectivity index (χ4n) is 1.65. The van der Waals surface area contributed by atoms with Gasteiger partial charge in [0.05, 0.1) is 0 Å². The number of nitrogens with zero attached hydrogens (tertiary/aromatic N) is 1. The molecule has 1 heterocycles. The summed E-state index contributed by atoms with van der Waals surface area (Å²) in [6.45, 7) is 0.394. The molecule has 8 heteroatoms. The third-order valence-electron chi connectivity index (χ3n) is 2.46. The standard InChI is InChI=1S/C12H10F3NOS3/c1-16(10-7-18-20-11(10)17)6-8-3-2-4-9(5-8)19-12(13,14)15/h2-5,7H,6H2,1H3. The Kier molecular flexibility index (Phi) is 4.77. The van der Waals surface area contributed by atoms with E-state index in [1.54, 1.807) is 29.5 Å². The van der Waals surface area contributed by atoms with Crippen LogP contribution in [0.15, 0.2) is 39.3 Å². The largest absolute Gasteiger partial charge is 0.446 e. The van der Waals surface area contributed by atoms with Crippen LogP contribution in [0.5, 0.6) is 0 Å². The second-order valence-electron chi connectivity index (χ2n) is 4.02. The Morgan fingerprint density at radius 3 is 2.70 bits per heavy atom. The Morgan fingerprint density at radius 2 is 2.10 bits per heavy atom. The molecule has 0 amide bonds. The molecule has 108 valence electrons. The van der Waals surface area contributed by atoms with Gasteiger partial charge in [-0.2, -0.15) is 13.2 Å². The van der Waals surface area contributed by atoms with E-state index in [1.165, 1.54) is 22.5 Å². The van der Waals surface area contributed by atoms with Crippen molar-refractivity contribution < 1.29 is 13.2 Å². The topological polar surface area (TPSA) is 20.3 Å². The molecule has 2 aromatic rings. The van der Waals surface area contributed by atoms with Crippen LogP contribution in [-0.4, -0.2) is 12.6 Å². The van der Waals surface area contributed by atoms with Gasteiger partial charge in [-0.3, -0.25) is 4.79 Å². The third-order valence-corrected chi connectivity index (χ3v) is 4.98. The fraction of sp³-hybridized carbons (Fsp3) is 0.250. The van der Waals surface area contributed by atoms with E-state index in [2.05, 4.69) is 0 Å². The minimum absolute atomic E-state index is 0.0293. The van der Waals surface area contributed by atoms with Gasteiger partial charge in [0, 0.05) is 23.9 Å². The van der Waals surface area contributed by atoms with E-state index in [0.29, 0.717) is 12.2 Å².